The molecule has 0 fully saturated rings. The van der Waals surface area contributed by atoms with Crippen molar-refractivity contribution < 1.29 is 4.74 Å². The van der Waals surface area contributed by atoms with E-state index in [1.165, 1.54) is 0 Å². The standard InChI is InChI=1S/C31H21N3O/c1-3-11-22(12-4-1)30-31(23-13-5-2-6-14-23)33-20-19-24(21-29(33)32-30)34-25-15-7-9-17-27(25)35-28-18-10-8-16-26(28)34/h1-21H. The van der Waals surface area contributed by atoms with Gasteiger partial charge in [-0.1, -0.05) is 84.9 Å². The molecule has 0 amide bonds. The summed E-state index contributed by atoms with van der Waals surface area (Å²) >= 11 is 0. The van der Waals surface area contributed by atoms with Crippen molar-refractivity contribution in [3.05, 3.63) is 128 Å². The predicted octanol–water partition coefficient (Wildman–Crippen LogP) is 8.24. The summed E-state index contributed by atoms with van der Waals surface area (Å²) in [6, 6.07) is 41.4. The Morgan fingerprint density at radius 3 is 1.80 bits per heavy atom. The fourth-order valence-electron chi connectivity index (χ4n) is 4.83. The summed E-state index contributed by atoms with van der Waals surface area (Å²) in [5.74, 6) is 1.67. The monoisotopic (exact) mass is 451 g/mol. The topological polar surface area (TPSA) is 29.8 Å². The van der Waals surface area contributed by atoms with Gasteiger partial charge >= 0.3 is 0 Å². The highest BCUT2D eigenvalue weighted by Crippen LogP contribution is 2.50. The van der Waals surface area contributed by atoms with Gasteiger partial charge in [-0.3, -0.25) is 4.40 Å². The van der Waals surface area contributed by atoms with Gasteiger partial charge in [-0.15, -0.1) is 0 Å². The number of benzene rings is 4. The molecule has 3 heterocycles. The molecular formula is C31H21N3O. The van der Waals surface area contributed by atoms with Crippen LogP contribution < -0.4 is 9.64 Å². The number of imidazole rings is 1. The molecule has 7 rings (SSSR count). The number of fused-ring (bicyclic) bond motifs is 3. The molecule has 6 aromatic rings. The van der Waals surface area contributed by atoms with E-state index in [1.54, 1.807) is 0 Å². The fourth-order valence-corrected chi connectivity index (χ4v) is 4.83. The molecule has 0 spiro atoms. The molecule has 2 aromatic heterocycles. The molecular weight excluding hydrogens is 430 g/mol. The molecule has 0 bridgehead atoms. The Hall–Kier alpha value is -4.83. The third kappa shape index (κ3) is 3.19. The van der Waals surface area contributed by atoms with Crippen LogP contribution in [-0.2, 0) is 0 Å². The summed E-state index contributed by atoms with van der Waals surface area (Å²) in [5.41, 5.74) is 8.22. The minimum absolute atomic E-state index is 0.837. The number of rotatable bonds is 3. The Labute approximate surface area is 203 Å². The summed E-state index contributed by atoms with van der Waals surface area (Å²) < 4.78 is 8.37. The van der Waals surface area contributed by atoms with E-state index < -0.39 is 0 Å². The highest BCUT2D eigenvalue weighted by molar-refractivity contribution is 5.88. The first-order chi connectivity index (χ1) is 17.4. The minimum atomic E-state index is 0.837. The van der Waals surface area contributed by atoms with Gasteiger partial charge in [0.05, 0.1) is 28.5 Å². The van der Waals surface area contributed by atoms with E-state index >= 15 is 0 Å². The average Bonchev–Trinajstić information content (AvgIpc) is 3.31. The zero-order valence-corrected chi connectivity index (χ0v) is 18.9. The van der Waals surface area contributed by atoms with Crippen LogP contribution >= 0.6 is 0 Å². The fraction of sp³-hybridized carbons (Fsp3) is 0. The molecule has 0 unspecified atom stereocenters. The number of hydrogen-bond acceptors (Lipinski definition) is 3. The Balaban J connectivity index is 1.46. The number of nitrogens with zero attached hydrogens (tertiary/aromatic N) is 3. The number of pyridine rings is 1. The molecule has 4 aromatic carbocycles. The van der Waals surface area contributed by atoms with Crippen molar-refractivity contribution >= 4 is 22.7 Å². The van der Waals surface area contributed by atoms with Crippen molar-refractivity contribution in [2.45, 2.75) is 0 Å². The number of anilines is 3. The first-order valence-electron chi connectivity index (χ1n) is 11.7. The summed E-state index contributed by atoms with van der Waals surface area (Å²) in [4.78, 5) is 7.38. The van der Waals surface area contributed by atoms with Crippen LogP contribution in [0.25, 0.3) is 28.2 Å². The highest BCUT2D eigenvalue weighted by atomic mass is 16.5. The van der Waals surface area contributed by atoms with Crippen LogP contribution in [0.2, 0.25) is 0 Å². The van der Waals surface area contributed by atoms with Crippen LogP contribution in [0.4, 0.5) is 17.1 Å². The van der Waals surface area contributed by atoms with E-state index in [0.717, 1.165) is 56.7 Å². The first-order valence-corrected chi connectivity index (χ1v) is 11.7. The van der Waals surface area contributed by atoms with Crippen molar-refractivity contribution in [1.82, 2.24) is 9.38 Å². The summed E-state index contributed by atoms with van der Waals surface area (Å²) in [5, 5.41) is 0. The smallest absolute Gasteiger partial charge is 0.151 e. The second kappa shape index (κ2) is 7.89. The number of aromatic nitrogens is 2. The Bertz CT molecular complexity index is 1630. The van der Waals surface area contributed by atoms with Crippen molar-refractivity contribution in [3.8, 4) is 34.0 Å². The molecule has 0 N–H and O–H groups in total. The molecule has 1 aliphatic rings. The molecule has 0 aliphatic carbocycles. The molecule has 166 valence electrons. The number of hydrogen-bond donors (Lipinski definition) is 0. The van der Waals surface area contributed by atoms with Gasteiger partial charge in [0, 0.05) is 23.4 Å². The van der Waals surface area contributed by atoms with Crippen LogP contribution in [0.1, 0.15) is 0 Å². The van der Waals surface area contributed by atoms with Gasteiger partial charge in [-0.25, -0.2) is 4.98 Å². The third-order valence-corrected chi connectivity index (χ3v) is 6.39. The Kier molecular flexibility index (Phi) is 4.42. The minimum Gasteiger partial charge on any atom is -0.453 e. The first kappa shape index (κ1) is 19.6. The van der Waals surface area contributed by atoms with Gasteiger partial charge in [0.2, 0.25) is 0 Å². The lowest BCUT2D eigenvalue weighted by atomic mass is 10.1. The van der Waals surface area contributed by atoms with Crippen LogP contribution in [0.15, 0.2) is 128 Å². The summed E-state index contributed by atoms with van der Waals surface area (Å²) in [7, 11) is 0. The van der Waals surface area contributed by atoms with Gasteiger partial charge in [0.1, 0.15) is 5.65 Å². The molecule has 0 radical (unpaired) electrons. The van der Waals surface area contributed by atoms with Gasteiger partial charge in [0.15, 0.2) is 11.5 Å². The van der Waals surface area contributed by atoms with E-state index in [-0.39, 0.29) is 0 Å². The molecule has 35 heavy (non-hydrogen) atoms. The molecule has 1 aliphatic heterocycles. The van der Waals surface area contributed by atoms with Gasteiger partial charge in [-0.05, 0) is 30.3 Å². The maximum atomic E-state index is 6.19. The summed E-state index contributed by atoms with van der Waals surface area (Å²) in [6.07, 6.45) is 2.12. The predicted molar refractivity (Wildman–Crippen MR) is 141 cm³/mol. The second-order valence-electron chi connectivity index (χ2n) is 8.53. The van der Waals surface area contributed by atoms with Crippen LogP contribution in [0.5, 0.6) is 11.5 Å². The maximum Gasteiger partial charge on any atom is 0.151 e. The van der Waals surface area contributed by atoms with E-state index in [1.807, 2.05) is 48.5 Å². The number of ether oxygens (including phenoxy) is 1. The van der Waals surface area contributed by atoms with Gasteiger partial charge < -0.3 is 9.64 Å². The van der Waals surface area contributed by atoms with Gasteiger partial charge in [0.25, 0.3) is 0 Å². The number of para-hydroxylation sites is 4. The lowest BCUT2D eigenvalue weighted by Crippen LogP contribution is -2.15. The molecule has 0 atom stereocenters. The lowest BCUT2D eigenvalue weighted by molar-refractivity contribution is 0.477. The maximum absolute atomic E-state index is 6.19. The third-order valence-electron chi connectivity index (χ3n) is 6.39. The second-order valence-corrected chi connectivity index (χ2v) is 8.53. The van der Waals surface area contributed by atoms with E-state index in [9.17, 15) is 0 Å². The van der Waals surface area contributed by atoms with Gasteiger partial charge in [-0.2, -0.15) is 0 Å². The highest BCUT2D eigenvalue weighted by Gasteiger charge is 2.26. The molecule has 4 heteroatoms. The SMILES string of the molecule is c1ccc(-c2nc3cc(N4c5ccccc5Oc5ccccc54)ccn3c2-c2ccccc2)cc1. The quantitative estimate of drug-likeness (QED) is 0.271. The molecule has 4 nitrogen and oxygen atoms in total. The molecule has 0 saturated heterocycles. The largest absolute Gasteiger partial charge is 0.453 e. The normalized spacial score (nSPS) is 12.2. The van der Waals surface area contributed by atoms with Crippen LogP contribution in [0, 0.1) is 0 Å². The average molecular weight is 452 g/mol. The van der Waals surface area contributed by atoms with Crippen molar-refractivity contribution in [2.75, 3.05) is 4.90 Å². The van der Waals surface area contributed by atoms with Crippen molar-refractivity contribution in [3.63, 3.8) is 0 Å². The van der Waals surface area contributed by atoms with Crippen molar-refractivity contribution in [2.24, 2.45) is 0 Å². The Morgan fingerprint density at radius 2 is 1.14 bits per heavy atom. The lowest BCUT2D eigenvalue weighted by Gasteiger charge is -2.32. The van der Waals surface area contributed by atoms with E-state index in [2.05, 4.69) is 88.3 Å². The summed E-state index contributed by atoms with van der Waals surface area (Å²) in [6.45, 7) is 0. The van der Waals surface area contributed by atoms with E-state index in [0.29, 0.717) is 0 Å². The zero-order valence-electron chi connectivity index (χ0n) is 18.9. The molecule has 0 saturated carbocycles. The van der Waals surface area contributed by atoms with Crippen LogP contribution in [0.3, 0.4) is 0 Å². The van der Waals surface area contributed by atoms with Crippen LogP contribution in [-0.4, -0.2) is 9.38 Å². The zero-order chi connectivity index (χ0) is 23.2. The Morgan fingerprint density at radius 1 is 0.571 bits per heavy atom. The van der Waals surface area contributed by atoms with E-state index in [4.69, 9.17) is 9.72 Å². The van der Waals surface area contributed by atoms with Crippen molar-refractivity contribution in [1.29, 1.82) is 0 Å².